The molecule has 1 aliphatic heterocycles. The molecule has 0 spiro atoms. The molecule has 1 saturated carbocycles. The summed E-state index contributed by atoms with van der Waals surface area (Å²) < 4.78 is 1.88. The van der Waals surface area contributed by atoms with E-state index in [9.17, 15) is 0 Å². The van der Waals surface area contributed by atoms with Crippen molar-refractivity contribution in [2.75, 3.05) is 19.6 Å². The monoisotopic (exact) mass is 394 g/mol. The minimum atomic E-state index is 0.515. The summed E-state index contributed by atoms with van der Waals surface area (Å²) in [4.78, 5) is 7.57. The Morgan fingerprint density at radius 3 is 2.69 bits per heavy atom. The minimum absolute atomic E-state index is 0.515. The first-order valence-electron chi connectivity index (χ1n) is 11.2. The third-order valence-corrected chi connectivity index (χ3v) is 6.15. The summed E-state index contributed by atoms with van der Waals surface area (Å²) in [7, 11) is 0. The Morgan fingerprint density at radius 1 is 1.14 bits per heavy atom. The van der Waals surface area contributed by atoms with Gasteiger partial charge >= 0.3 is 0 Å². The zero-order chi connectivity index (χ0) is 19.9. The molecule has 2 aromatic rings. The Labute approximate surface area is 174 Å². The van der Waals surface area contributed by atoms with E-state index in [4.69, 9.17) is 4.99 Å². The topological polar surface area (TPSA) is 57.5 Å². The van der Waals surface area contributed by atoms with E-state index in [-0.39, 0.29) is 0 Å². The van der Waals surface area contributed by atoms with Crippen molar-refractivity contribution in [3.63, 3.8) is 0 Å². The van der Waals surface area contributed by atoms with Gasteiger partial charge in [0.1, 0.15) is 0 Å². The first-order valence-corrected chi connectivity index (χ1v) is 11.2. The fraction of sp³-hybridized carbons (Fsp3) is 0.565. The lowest BCUT2D eigenvalue weighted by Crippen LogP contribution is -2.50. The quantitative estimate of drug-likeness (QED) is 0.583. The maximum absolute atomic E-state index is 4.85. The first kappa shape index (κ1) is 20.0. The first-order chi connectivity index (χ1) is 14.3. The second-order valence-corrected chi connectivity index (χ2v) is 8.21. The lowest BCUT2D eigenvalue weighted by molar-refractivity contribution is 0.150. The van der Waals surface area contributed by atoms with E-state index < -0.39 is 0 Å². The van der Waals surface area contributed by atoms with Gasteiger partial charge in [0.25, 0.3) is 0 Å². The van der Waals surface area contributed by atoms with Gasteiger partial charge < -0.3 is 15.5 Å². The molecule has 1 aliphatic carbocycles. The van der Waals surface area contributed by atoms with Gasteiger partial charge in [0, 0.05) is 44.1 Å². The third kappa shape index (κ3) is 5.38. The summed E-state index contributed by atoms with van der Waals surface area (Å²) in [6.45, 7) is 6.09. The number of nitrogens with zero attached hydrogens (tertiary/aromatic N) is 4. The highest BCUT2D eigenvalue weighted by atomic mass is 15.3. The van der Waals surface area contributed by atoms with Crippen molar-refractivity contribution in [1.29, 1.82) is 0 Å². The van der Waals surface area contributed by atoms with Crippen molar-refractivity contribution in [2.45, 2.75) is 64.1 Å². The van der Waals surface area contributed by atoms with Gasteiger partial charge in [0.05, 0.1) is 12.2 Å². The fourth-order valence-corrected chi connectivity index (χ4v) is 4.58. The van der Waals surface area contributed by atoms with E-state index in [1.807, 2.05) is 16.9 Å². The van der Waals surface area contributed by atoms with Crippen molar-refractivity contribution in [3.8, 4) is 5.69 Å². The smallest absolute Gasteiger partial charge is 0.191 e. The molecule has 156 valence electrons. The molecule has 6 nitrogen and oxygen atoms in total. The zero-order valence-electron chi connectivity index (χ0n) is 17.6. The molecule has 6 heteroatoms. The Balaban J connectivity index is 1.33. The molecule has 0 unspecified atom stereocenters. The lowest BCUT2D eigenvalue weighted by Gasteiger charge is -2.36. The molecular weight excluding hydrogens is 360 g/mol. The van der Waals surface area contributed by atoms with E-state index in [0.29, 0.717) is 12.6 Å². The van der Waals surface area contributed by atoms with Gasteiger partial charge in [-0.15, -0.1) is 0 Å². The van der Waals surface area contributed by atoms with Crippen molar-refractivity contribution < 1.29 is 0 Å². The second-order valence-electron chi connectivity index (χ2n) is 8.21. The van der Waals surface area contributed by atoms with Crippen LogP contribution in [-0.2, 0) is 6.54 Å². The maximum Gasteiger partial charge on any atom is 0.191 e. The number of guanidine groups is 1. The number of aromatic nitrogens is 2. The average molecular weight is 395 g/mol. The highest BCUT2D eigenvalue weighted by Gasteiger charge is 2.27. The summed E-state index contributed by atoms with van der Waals surface area (Å²) in [6, 6.07) is 11.7. The SMILES string of the molecule is CCNC(=NCc1cccc(-n2cccn2)c1)NC1CCN(C2CCCC2)CC1. The van der Waals surface area contributed by atoms with Gasteiger partial charge in [0.15, 0.2) is 5.96 Å². The molecule has 2 heterocycles. The summed E-state index contributed by atoms with van der Waals surface area (Å²) in [5.74, 6) is 0.927. The molecule has 2 aliphatic rings. The number of piperidine rings is 1. The standard InChI is InChI=1S/C23H34N6/c1-2-24-23(27-20-11-15-28(16-12-20)21-8-3-4-9-21)25-18-19-7-5-10-22(17-19)29-14-6-13-26-29/h5-7,10,13-14,17,20-21H,2-4,8-9,11-12,15-16,18H2,1H3,(H2,24,25,27). The Morgan fingerprint density at radius 2 is 1.97 bits per heavy atom. The normalized spacial score (nSPS) is 19.6. The minimum Gasteiger partial charge on any atom is -0.357 e. The molecule has 0 amide bonds. The van der Waals surface area contributed by atoms with Crippen molar-refractivity contribution in [3.05, 3.63) is 48.3 Å². The molecule has 29 heavy (non-hydrogen) atoms. The molecule has 4 rings (SSSR count). The number of aliphatic imine (C=N–C) groups is 1. The lowest BCUT2D eigenvalue weighted by atomic mass is 10.0. The fourth-order valence-electron chi connectivity index (χ4n) is 4.58. The van der Waals surface area contributed by atoms with Gasteiger partial charge in [0.2, 0.25) is 0 Å². The molecule has 0 radical (unpaired) electrons. The van der Waals surface area contributed by atoms with Gasteiger partial charge in [-0.2, -0.15) is 5.10 Å². The van der Waals surface area contributed by atoms with Crippen LogP contribution in [0.1, 0.15) is 51.0 Å². The Kier molecular flexibility index (Phi) is 6.83. The van der Waals surface area contributed by atoms with Crippen LogP contribution in [0.3, 0.4) is 0 Å². The van der Waals surface area contributed by atoms with E-state index in [2.05, 4.69) is 51.8 Å². The van der Waals surface area contributed by atoms with Crippen LogP contribution in [0.15, 0.2) is 47.7 Å². The average Bonchev–Trinajstić information content (AvgIpc) is 3.47. The number of rotatable bonds is 6. The van der Waals surface area contributed by atoms with Crippen LogP contribution in [0.4, 0.5) is 0 Å². The molecule has 1 saturated heterocycles. The van der Waals surface area contributed by atoms with Gasteiger partial charge in [-0.1, -0.05) is 25.0 Å². The van der Waals surface area contributed by atoms with Crippen molar-refractivity contribution >= 4 is 5.96 Å². The van der Waals surface area contributed by atoms with Crippen LogP contribution < -0.4 is 10.6 Å². The summed E-state index contributed by atoms with van der Waals surface area (Å²) >= 11 is 0. The van der Waals surface area contributed by atoms with Crippen LogP contribution in [0, 0.1) is 0 Å². The predicted octanol–water partition coefficient (Wildman–Crippen LogP) is 3.33. The maximum atomic E-state index is 4.85. The van der Waals surface area contributed by atoms with E-state index in [1.165, 1.54) is 57.2 Å². The number of likely N-dealkylation sites (tertiary alicyclic amines) is 1. The molecule has 0 atom stereocenters. The molecule has 1 aromatic carbocycles. The highest BCUT2D eigenvalue weighted by molar-refractivity contribution is 5.80. The van der Waals surface area contributed by atoms with Crippen molar-refractivity contribution in [2.24, 2.45) is 4.99 Å². The molecule has 1 aromatic heterocycles. The second kappa shape index (κ2) is 9.92. The number of hydrogen-bond donors (Lipinski definition) is 2. The van der Waals surface area contributed by atoms with E-state index in [0.717, 1.165) is 24.2 Å². The van der Waals surface area contributed by atoms with Crippen LogP contribution in [0.2, 0.25) is 0 Å². The molecule has 0 bridgehead atoms. The molecule has 2 fully saturated rings. The van der Waals surface area contributed by atoms with Crippen LogP contribution >= 0.6 is 0 Å². The van der Waals surface area contributed by atoms with Crippen molar-refractivity contribution in [1.82, 2.24) is 25.3 Å². The van der Waals surface area contributed by atoms with Crippen LogP contribution in [0.5, 0.6) is 0 Å². The summed E-state index contributed by atoms with van der Waals surface area (Å²) in [5.41, 5.74) is 2.26. The van der Waals surface area contributed by atoms with E-state index in [1.54, 1.807) is 6.20 Å². The number of nitrogens with one attached hydrogen (secondary N) is 2. The van der Waals surface area contributed by atoms with Gasteiger partial charge in [-0.25, -0.2) is 9.67 Å². The van der Waals surface area contributed by atoms with Crippen LogP contribution in [0.25, 0.3) is 5.69 Å². The highest BCUT2D eigenvalue weighted by Crippen LogP contribution is 2.26. The number of benzene rings is 1. The molecule has 2 N–H and O–H groups in total. The molecular formula is C23H34N6. The summed E-state index contributed by atoms with van der Waals surface area (Å²) in [5, 5.41) is 11.4. The summed E-state index contributed by atoms with van der Waals surface area (Å²) in [6.07, 6.45) is 11.8. The van der Waals surface area contributed by atoms with Gasteiger partial charge in [-0.3, -0.25) is 0 Å². The third-order valence-electron chi connectivity index (χ3n) is 6.15. The predicted molar refractivity (Wildman–Crippen MR) is 118 cm³/mol. The Bertz CT molecular complexity index is 770. The van der Waals surface area contributed by atoms with Gasteiger partial charge in [-0.05, 0) is 56.4 Å². The van der Waals surface area contributed by atoms with E-state index >= 15 is 0 Å². The largest absolute Gasteiger partial charge is 0.357 e. The Hall–Kier alpha value is -2.34. The number of hydrogen-bond acceptors (Lipinski definition) is 3. The zero-order valence-corrected chi connectivity index (χ0v) is 17.6. The van der Waals surface area contributed by atoms with Crippen LogP contribution in [-0.4, -0.2) is 52.4 Å².